The molecule has 0 saturated carbocycles. The maximum absolute atomic E-state index is 12.7. The molecular formula is C15H13ClF3NO2S. The van der Waals surface area contributed by atoms with E-state index in [0.29, 0.717) is 5.02 Å². The third-order valence-electron chi connectivity index (χ3n) is 3.17. The highest BCUT2D eigenvalue weighted by Gasteiger charge is 2.31. The van der Waals surface area contributed by atoms with Crippen molar-refractivity contribution in [2.24, 2.45) is 0 Å². The largest absolute Gasteiger partial charge is 0.416 e. The summed E-state index contributed by atoms with van der Waals surface area (Å²) >= 11 is 5.70. The molecule has 0 amide bonds. The van der Waals surface area contributed by atoms with E-state index >= 15 is 0 Å². The summed E-state index contributed by atoms with van der Waals surface area (Å²) in [5, 5.41) is 0.384. The van der Waals surface area contributed by atoms with Gasteiger partial charge in [0.1, 0.15) is 0 Å². The molecule has 0 aromatic heterocycles. The molecule has 124 valence electrons. The Morgan fingerprint density at radius 3 is 2.26 bits per heavy atom. The zero-order chi connectivity index (χ0) is 17.3. The fraction of sp³-hybridized carbons (Fsp3) is 0.200. The lowest BCUT2D eigenvalue weighted by Crippen LogP contribution is -2.27. The van der Waals surface area contributed by atoms with Gasteiger partial charge in [0, 0.05) is 11.1 Å². The third kappa shape index (κ3) is 4.46. The lowest BCUT2D eigenvalue weighted by molar-refractivity contribution is -0.137. The quantitative estimate of drug-likeness (QED) is 0.875. The van der Waals surface area contributed by atoms with Crippen LogP contribution in [0.2, 0.25) is 5.02 Å². The molecule has 0 saturated heterocycles. The van der Waals surface area contributed by atoms with Gasteiger partial charge in [-0.3, -0.25) is 0 Å². The van der Waals surface area contributed by atoms with Crippen LogP contribution in [0.3, 0.4) is 0 Å². The highest BCUT2D eigenvalue weighted by Crippen LogP contribution is 2.31. The molecule has 0 spiro atoms. The molecule has 0 aliphatic rings. The van der Waals surface area contributed by atoms with Crippen LogP contribution in [0, 0.1) is 0 Å². The maximum atomic E-state index is 12.7. The molecule has 0 fully saturated rings. The van der Waals surface area contributed by atoms with Crippen LogP contribution in [0.25, 0.3) is 0 Å². The molecule has 1 atom stereocenters. The van der Waals surface area contributed by atoms with Crippen LogP contribution in [-0.4, -0.2) is 8.42 Å². The van der Waals surface area contributed by atoms with Gasteiger partial charge in [-0.2, -0.15) is 13.2 Å². The van der Waals surface area contributed by atoms with E-state index in [9.17, 15) is 21.6 Å². The van der Waals surface area contributed by atoms with Gasteiger partial charge in [-0.1, -0.05) is 23.7 Å². The van der Waals surface area contributed by atoms with Crippen molar-refractivity contribution in [2.75, 3.05) is 0 Å². The number of hydrogen-bond donors (Lipinski definition) is 1. The van der Waals surface area contributed by atoms with Crippen LogP contribution in [0.1, 0.15) is 24.1 Å². The number of nitrogens with one attached hydrogen (secondary N) is 1. The first-order valence-corrected chi connectivity index (χ1v) is 8.41. The second kappa shape index (κ2) is 6.51. The summed E-state index contributed by atoms with van der Waals surface area (Å²) in [6.45, 7) is 1.48. The van der Waals surface area contributed by atoms with Crippen LogP contribution in [-0.2, 0) is 16.2 Å². The fourth-order valence-corrected chi connectivity index (χ4v) is 3.32. The van der Waals surface area contributed by atoms with Gasteiger partial charge >= 0.3 is 6.18 Å². The number of halogens is 4. The zero-order valence-electron chi connectivity index (χ0n) is 11.9. The standard InChI is InChI=1S/C15H13ClF3NO2S/c1-10(11-3-2-4-12(9-11)15(17,18)19)20-23(21,22)14-7-5-13(16)6-8-14/h2-10,20H,1H3. The molecule has 0 radical (unpaired) electrons. The van der Waals surface area contributed by atoms with E-state index in [1.165, 1.54) is 43.3 Å². The summed E-state index contributed by atoms with van der Waals surface area (Å²) in [5.41, 5.74) is -0.607. The minimum atomic E-state index is -4.48. The average molecular weight is 364 g/mol. The van der Waals surface area contributed by atoms with Crippen LogP contribution in [0.4, 0.5) is 13.2 Å². The van der Waals surface area contributed by atoms with Crippen molar-refractivity contribution < 1.29 is 21.6 Å². The van der Waals surface area contributed by atoms with E-state index in [4.69, 9.17) is 11.6 Å². The summed E-state index contributed by atoms with van der Waals surface area (Å²) < 4.78 is 65.0. The Labute approximate surface area is 137 Å². The first-order chi connectivity index (χ1) is 10.6. The first kappa shape index (κ1) is 17.8. The number of hydrogen-bond acceptors (Lipinski definition) is 2. The zero-order valence-corrected chi connectivity index (χ0v) is 13.5. The molecule has 0 bridgehead atoms. The predicted molar refractivity (Wildman–Crippen MR) is 81.6 cm³/mol. The second-order valence-electron chi connectivity index (χ2n) is 4.92. The van der Waals surface area contributed by atoms with Gasteiger partial charge in [0.15, 0.2) is 0 Å². The molecule has 8 heteroatoms. The number of alkyl halides is 3. The smallest absolute Gasteiger partial charge is 0.207 e. The van der Waals surface area contributed by atoms with Crippen LogP contribution in [0.5, 0.6) is 0 Å². The van der Waals surface area contributed by atoms with Crippen molar-refractivity contribution in [1.29, 1.82) is 0 Å². The fourth-order valence-electron chi connectivity index (χ4n) is 1.97. The lowest BCUT2D eigenvalue weighted by Gasteiger charge is -2.16. The summed E-state index contributed by atoms with van der Waals surface area (Å²) in [5.74, 6) is 0. The van der Waals surface area contributed by atoms with Gasteiger partial charge in [0.2, 0.25) is 10.0 Å². The number of sulfonamides is 1. The minimum absolute atomic E-state index is 0.0132. The van der Waals surface area contributed by atoms with E-state index in [-0.39, 0.29) is 10.5 Å². The maximum Gasteiger partial charge on any atom is 0.416 e. The Morgan fingerprint density at radius 2 is 1.70 bits per heavy atom. The molecule has 1 unspecified atom stereocenters. The first-order valence-electron chi connectivity index (χ1n) is 6.54. The summed E-state index contributed by atoms with van der Waals surface area (Å²) in [7, 11) is -3.86. The van der Waals surface area contributed by atoms with Gasteiger partial charge in [-0.15, -0.1) is 0 Å². The van der Waals surface area contributed by atoms with Crippen LogP contribution in [0.15, 0.2) is 53.4 Å². The van der Waals surface area contributed by atoms with E-state index in [0.717, 1.165) is 12.1 Å². The Balaban J connectivity index is 2.24. The SMILES string of the molecule is CC(NS(=O)(=O)c1ccc(Cl)cc1)c1cccc(C(F)(F)F)c1. The van der Waals surface area contributed by atoms with Gasteiger partial charge in [-0.05, 0) is 48.9 Å². The predicted octanol–water partition coefficient (Wildman–Crippen LogP) is 4.40. The third-order valence-corrected chi connectivity index (χ3v) is 4.98. The van der Waals surface area contributed by atoms with Gasteiger partial charge in [0.25, 0.3) is 0 Å². The molecular weight excluding hydrogens is 351 g/mol. The number of benzene rings is 2. The van der Waals surface area contributed by atoms with Gasteiger partial charge < -0.3 is 0 Å². The van der Waals surface area contributed by atoms with E-state index in [1.807, 2.05) is 0 Å². The average Bonchev–Trinajstić information content (AvgIpc) is 2.46. The highest BCUT2D eigenvalue weighted by molar-refractivity contribution is 7.89. The Morgan fingerprint density at radius 1 is 1.09 bits per heavy atom. The molecule has 0 heterocycles. The van der Waals surface area contributed by atoms with Gasteiger partial charge in [0.05, 0.1) is 10.5 Å². The molecule has 2 rings (SSSR count). The van der Waals surface area contributed by atoms with Crippen molar-refractivity contribution in [1.82, 2.24) is 4.72 Å². The van der Waals surface area contributed by atoms with Crippen molar-refractivity contribution in [2.45, 2.75) is 24.0 Å². The molecule has 0 aliphatic carbocycles. The second-order valence-corrected chi connectivity index (χ2v) is 7.07. The molecule has 2 aromatic rings. The molecule has 0 aliphatic heterocycles. The summed E-state index contributed by atoms with van der Waals surface area (Å²) in [4.78, 5) is -0.0132. The van der Waals surface area contributed by atoms with Crippen LogP contribution < -0.4 is 4.72 Å². The Bertz CT molecular complexity index is 789. The molecule has 2 aromatic carbocycles. The Kier molecular flexibility index (Phi) is 5.03. The summed E-state index contributed by atoms with van der Waals surface area (Å²) in [6, 6.07) is 9.20. The van der Waals surface area contributed by atoms with Crippen molar-refractivity contribution in [3.63, 3.8) is 0 Å². The van der Waals surface area contributed by atoms with E-state index in [2.05, 4.69) is 4.72 Å². The molecule has 1 N–H and O–H groups in total. The van der Waals surface area contributed by atoms with E-state index in [1.54, 1.807) is 0 Å². The summed E-state index contributed by atoms with van der Waals surface area (Å²) in [6.07, 6.45) is -4.48. The number of rotatable bonds is 4. The van der Waals surface area contributed by atoms with Crippen LogP contribution >= 0.6 is 11.6 Å². The normalized spacial score (nSPS) is 13.8. The lowest BCUT2D eigenvalue weighted by atomic mass is 10.1. The van der Waals surface area contributed by atoms with Gasteiger partial charge in [-0.25, -0.2) is 13.1 Å². The minimum Gasteiger partial charge on any atom is -0.207 e. The van der Waals surface area contributed by atoms with Crippen molar-refractivity contribution in [3.8, 4) is 0 Å². The topological polar surface area (TPSA) is 46.2 Å². The monoisotopic (exact) mass is 363 g/mol. The Hall–Kier alpha value is -1.57. The van der Waals surface area contributed by atoms with Crippen molar-refractivity contribution >= 4 is 21.6 Å². The highest BCUT2D eigenvalue weighted by atomic mass is 35.5. The van der Waals surface area contributed by atoms with E-state index < -0.39 is 27.8 Å². The molecule has 3 nitrogen and oxygen atoms in total. The molecule has 23 heavy (non-hydrogen) atoms. The van der Waals surface area contributed by atoms with Crippen molar-refractivity contribution in [3.05, 3.63) is 64.7 Å².